The van der Waals surface area contributed by atoms with Gasteiger partial charge >= 0.3 is 0 Å². The molecule has 3 heteroatoms. The lowest BCUT2D eigenvalue weighted by atomic mass is 10.1. The molecule has 0 aliphatic rings. The smallest absolute Gasteiger partial charge is 0.121 e. The molecule has 3 aromatic rings. The molecule has 3 nitrogen and oxygen atoms in total. The summed E-state index contributed by atoms with van der Waals surface area (Å²) in [4.78, 5) is 0. The zero-order valence-electron chi connectivity index (χ0n) is 14.6. The van der Waals surface area contributed by atoms with Gasteiger partial charge in [-0.1, -0.05) is 54.6 Å². The molecular formula is C22H22N2O. The van der Waals surface area contributed by atoms with E-state index in [1.165, 1.54) is 5.56 Å². The summed E-state index contributed by atoms with van der Waals surface area (Å²) >= 11 is 0. The van der Waals surface area contributed by atoms with Crippen molar-refractivity contribution in [3.8, 4) is 5.75 Å². The van der Waals surface area contributed by atoms with Crippen LogP contribution in [0.5, 0.6) is 5.75 Å². The molecule has 126 valence electrons. The van der Waals surface area contributed by atoms with Crippen LogP contribution in [0.2, 0.25) is 0 Å². The monoisotopic (exact) mass is 330 g/mol. The first-order chi connectivity index (χ1) is 12.3. The lowest BCUT2D eigenvalue weighted by Gasteiger charge is -2.21. The van der Waals surface area contributed by atoms with Crippen LogP contribution >= 0.6 is 0 Å². The summed E-state index contributed by atoms with van der Waals surface area (Å²) in [6, 6.07) is 28.5. The number of methoxy groups -OCH3 is 1. The maximum atomic E-state index is 5.37. The Labute approximate surface area is 149 Å². The maximum absolute atomic E-state index is 5.37. The number of hydrazone groups is 1. The highest BCUT2D eigenvalue weighted by atomic mass is 16.5. The van der Waals surface area contributed by atoms with Crippen molar-refractivity contribution in [2.45, 2.75) is 13.3 Å². The van der Waals surface area contributed by atoms with Crippen LogP contribution in [0.3, 0.4) is 0 Å². The molecule has 25 heavy (non-hydrogen) atoms. The Bertz CT molecular complexity index is 829. The van der Waals surface area contributed by atoms with Crippen LogP contribution < -0.4 is 9.75 Å². The van der Waals surface area contributed by atoms with Crippen molar-refractivity contribution in [3.05, 3.63) is 90.5 Å². The Morgan fingerprint density at radius 2 is 1.48 bits per heavy atom. The summed E-state index contributed by atoms with van der Waals surface area (Å²) in [5.41, 5.74) is 4.28. The Morgan fingerprint density at radius 3 is 2.16 bits per heavy atom. The number of benzene rings is 3. The minimum Gasteiger partial charge on any atom is -0.497 e. The van der Waals surface area contributed by atoms with Gasteiger partial charge in [-0.25, -0.2) is 5.01 Å². The van der Waals surface area contributed by atoms with Crippen LogP contribution in [0, 0.1) is 0 Å². The first-order valence-corrected chi connectivity index (χ1v) is 8.33. The number of nitrogens with zero attached hydrogens (tertiary/aromatic N) is 2. The molecule has 0 aliphatic heterocycles. The molecule has 3 aromatic carbocycles. The molecule has 3 rings (SSSR count). The minimum atomic E-state index is 0.814. The number of para-hydroxylation sites is 1. The van der Waals surface area contributed by atoms with Gasteiger partial charge in [-0.3, -0.25) is 0 Å². The van der Waals surface area contributed by atoms with Gasteiger partial charge in [0.25, 0.3) is 0 Å². The van der Waals surface area contributed by atoms with Crippen molar-refractivity contribution in [1.82, 2.24) is 0 Å². The molecule has 0 atom stereocenters. The lowest BCUT2D eigenvalue weighted by Crippen LogP contribution is -2.13. The van der Waals surface area contributed by atoms with Gasteiger partial charge in [0, 0.05) is 18.2 Å². The second-order valence-electron chi connectivity index (χ2n) is 5.85. The second kappa shape index (κ2) is 8.15. The number of hydrogen-bond acceptors (Lipinski definition) is 3. The molecule has 0 spiro atoms. The molecule has 0 radical (unpaired) electrons. The van der Waals surface area contributed by atoms with Crippen LogP contribution in [-0.4, -0.2) is 12.8 Å². The average molecular weight is 330 g/mol. The van der Waals surface area contributed by atoms with Crippen molar-refractivity contribution in [1.29, 1.82) is 0 Å². The summed E-state index contributed by atoms with van der Waals surface area (Å²) in [6.45, 7) is 2.06. The molecule has 0 aromatic heterocycles. The third kappa shape index (κ3) is 4.48. The van der Waals surface area contributed by atoms with Gasteiger partial charge in [0.05, 0.1) is 18.5 Å². The molecule has 0 saturated carbocycles. The van der Waals surface area contributed by atoms with Crippen molar-refractivity contribution < 1.29 is 4.74 Å². The molecule has 0 bridgehead atoms. The Balaban J connectivity index is 1.95. The molecule has 0 N–H and O–H groups in total. The number of ether oxygens (including phenoxy) is 1. The zero-order chi connectivity index (χ0) is 17.5. The summed E-state index contributed by atoms with van der Waals surface area (Å²) < 4.78 is 5.37. The van der Waals surface area contributed by atoms with E-state index in [-0.39, 0.29) is 0 Å². The molecule has 0 fully saturated rings. The number of hydrogen-bond donors (Lipinski definition) is 0. The second-order valence-corrected chi connectivity index (χ2v) is 5.85. The standard InChI is InChI=1S/C22H22N2O/c1-18(16-19-10-5-3-6-11-19)23-24(20-12-7-4-8-13-20)21-14-9-15-22(17-21)25-2/h3-15,17H,16H2,1-2H3. The first-order valence-electron chi connectivity index (χ1n) is 8.33. The minimum absolute atomic E-state index is 0.814. The van der Waals surface area contributed by atoms with E-state index in [0.717, 1.165) is 29.3 Å². The van der Waals surface area contributed by atoms with Gasteiger partial charge in [-0.2, -0.15) is 5.10 Å². The average Bonchev–Trinajstić information content (AvgIpc) is 2.67. The molecule has 0 amide bonds. The number of anilines is 2. The van der Waals surface area contributed by atoms with Gasteiger partial charge < -0.3 is 4.74 Å². The molecular weight excluding hydrogens is 308 g/mol. The fourth-order valence-electron chi connectivity index (χ4n) is 2.67. The van der Waals surface area contributed by atoms with E-state index in [9.17, 15) is 0 Å². The first kappa shape index (κ1) is 16.8. The summed E-state index contributed by atoms with van der Waals surface area (Å²) in [5, 5.41) is 6.84. The van der Waals surface area contributed by atoms with E-state index in [0.29, 0.717) is 0 Å². The van der Waals surface area contributed by atoms with Gasteiger partial charge in [0.15, 0.2) is 0 Å². The highest BCUT2D eigenvalue weighted by Gasteiger charge is 2.10. The molecule has 0 saturated heterocycles. The topological polar surface area (TPSA) is 24.8 Å². The highest BCUT2D eigenvalue weighted by Crippen LogP contribution is 2.28. The van der Waals surface area contributed by atoms with Gasteiger partial charge in [-0.05, 0) is 36.8 Å². The van der Waals surface area contributed by atoms with Crippen LogP contribution in [0.1, 0.15) is 12.5 Å². The summed E-state index contributed by atoms with van der Waals surface area (Å²) in [5.74, 6) is 0.814. The molecule has 0 heterocycles. The van der Waals surface area contributed by atoms with E-state index in [1.54, 1.807) is 7.11 Å². The van der Waals surface area contributed by atoms with Crippen molar-refractivity contribution in [3.63, 3.8) is 0 Å². The quantitative estimate of drug-likeness (QED) is 0.443. The van der Waals surface area contributed by atoms with E-state index in [2.05, 4.69) is 43.3 Å². The third-order valence-corrected chi connectivity index (χ3v) is 3.87. The lowest BCUT2D eigenvalue weighted by molar-refractivity contribution is 0.415. The normalized spacial score (nSPS) is 11.2. The van der Waals surface area contributed by atoms with E-state index in [1.807, 2.05) is 53.5 Å². The van der Waals surface area contributed by atoms with Crippen LogP contribution in [-0.2, 0) is 6.42 Å². The Kier molecular flexibility index (Phi) is 5.47. The van der Waals surface area contributed by atoms with Gasteiger partial charge in [0.2, 0.25) is 0 Å². The van der Waals surface area contributed by atoms with Crippen molar-refractivity contribution in [2.75, 3.05) is 12.1 Å². The Hall–Kier alpha value is -3.07. The van der Waals surface area contributed by atoms with E-state index >= 15 is 0 Å². The number of rotatable bonds is 6. The fourth-order valence-corrected chi connectivity index (χ4v) is 2.67. The van der Waals surface area contributed by atoms with E-state index in [4.69, 9.17) is 9.84 Å². The summed E-state index contributed by atoms with van der Waals surface area (Å²) in [7, 11) is 1.68. The van der Waals surface area contributed by atoms with Crippen LogP contribution in [0.25, 0.3) is 0 Å². The highest BCUT2D eigenvalue weighted by molar-refractivity contribution is 5.86. The van der Waals surface area contributed by atoms with E-state index < -0.39 is 0 Å². The predicted octanol–water partition coefficient (Wildman–Crippen LogP) is 5.45. The molecule has 0 aliphatic carbocycles. The van der Waals surface area contributed by atoms with Crippen molar-refractivity contribution in [2.24, 2.45) is 5.10 Å². The maximum Gasteiger partial charge on any atom is 0.121 e. The van der Waals surface area contributed by atoms with Gasteiger partial charge in [0.1, 0.15) is 5.75 Å². The van der Waals surface area contributed by atoms with Crippen LogP contribution in [0.4, 0.5) is 11.4 Å². The van der Waals surface area contributed by atoms with Gasteiger partial charge in [-0.15, -0.1) is 0 Å². The predicted molar refractivity (Wildman–Crippen MR) is 105 cm³/mol. The fraction of sp³-hybridized carbons (Fsp3) is 0.136. The zero-order valence-corrected chi connectivity index (χ0v) is 14.6. The Morgan fingerprint density at radius 1 is 0.840 bits per heavy atom. The largest absolute Gasteiger partial charge is 0.497 e. The SMILES string of the molecule is COc1cccc(N(N=C(C)Cc2ccccc2)c2ccccc2)c1. The van der Waals surface area contributed by atoms with Crippen molar-refractivity contribution >= 4 is 17.1 Å². The third-order valence-electron chi connectivity index (χ3n) is 3.87. The van der Waals surface area contributed by atoms with Crippen LogP contribution in [0.15, 0.2) is 90.0 Å². The molecule has 0 unspecified atom stereocenters. The summed E-state index contributed by atoms with van der Waals surface area (Å²) in [6.07, 6.45) is 0.814.